The molecule has 8 nitrogen and oxygen atoms in total. The van der Waals surface area contributed by atoms with Crippen LogP contribution in [0.3, 0.4) is 0 Å². The van der Waals surface area contributed by atoms with Gasteiger partial charge in [0.1, 0.15) is 0 Å². The van der Waals surface area contributed by atoms with Crippen molar-refractivity contribution >= 4 is 24.1 Å². The van der Waals surface area contributed by atoms with Crippen molar-refractivity contribution in [2.45, 2.75) is 19.9 Å². The first-order chi connectivity index (χ1) is 11.4. The maximum atomic E-state index is 11.3. The largest absolute Gasteiger partial charge is 0.475 e. The number of esters is 1. The molecule has 1 aliphatic rings. The summed E-state index contributed by atoms with van der Waals surface area (Å²) in [4.78, 5) is 24.1. The van der Waals surface area contributed by atoms with Crippen molar-refractivity contribution in [2.75, 3.05) is 33.4 Å². The number of nitro benzene ring substituents is 1. The van der Waals surface area contributed by atoms with Gasteiger partial charge in [-0.3, -0.25) is 15.0 Å². The molecule has 1 heterocycles. The summed E-state index contributed by atoms with van der Waals surface area (Å²) < 4.78 is 9.64. The Morgan fingerprint density at radius 1 is 1.48 bits per heavy atom. The molecule has 1 unspecified atom stereocenters. The zero-order valence-electron chi connectivity index (χ0n) is 14.4. The summed E-state index contributed by atoms with van der Waals surface area (Å²) in [6.45, 7) is 4.83. The molecule has 1 fully saturated rings. The molecule has 1 saturated heterocycles. The van der Waals surface area contributed by atoms with E-state index in [1.54, 1.807) is 6.07 Å². The van der Waals surface area contributed by atoms with Crippen molar-refractivity contribution in [3.63, 3.8) is 0 Å². The van der Waals surface area contributed by atoms with Crippen LogP contribution in [0.2, 0.25) is 0 Å². The second-order valence-corrected chi connectivity index (χ2v) is 6.40. The van der Waals surface area contributed by atoms with E-state index in [0.29, 0.717) is 13.1 Å². The van der Waals surface area contributed by atoms with Crippen LogP contribution in [0.25, 0.3) is 0 Å². The quantitative estimate of drug-likeness (QED) is 0.440. The summed E-state index contributed by atoms with van der Waals surface area (Å²) in [7, 11) is 1.23. The molecule has 1 aromatic rings. The molecular formula is C16H24ClN3O5. The average Bonchev–Trinajstić information content (AvgIpc) is 2.94. The van der Waals surface area contributed by atoms with Crippen LogP contribution in [-0.2, 0) is 16.1 Å². The summed E-state index contributed by atoms with van der Waals surface area (Å²) in [5.41, 5.74) is 6.58. The van der Waals surface area contributed by atoms with Crippen LogP contribution in [0.15, 0.2) is 18.2 Å². The number of carbonyl (C=O) groups is 1. The van der Waals surface area contributed by atoms with Gasteiger partial charge < -0.3 is 15.2 Å². The number of likely N-dealkylation sites (tertiary alicyclic amines) is 1. The summed E-state index contributed by atoms with van der Waals surface area (Å²) in [6.07, 6.45) is 1.02. The third-order valence-electron chi connectivity index (χ3n) is 4.33. The van der Waals surface area contributed by atoms with Gasteiger partial charge in [0.2, 0.25) is 0 Å². The van der Waals surface area contributed by atoms with Crippen molar-refractivity contribution in [3.8, 4) is 5.75 Å². The molecule has 9 heteroatoms. The summed E-state index contributed by atoms with van der Waals surface area (Å²) in [5, 5.41) is 11.3. The van der Waals surface area contributed by atoms with Gasteiger partial charge in [-0.1, -0.05) is 13.0 Å². The van der Waals surface area contributed by atoms with Gasteiger partial charge in [0.05, 0.1) is 12.0 Å². The van der Waals surface area contributed by atoms with Crippen LogP contribution in [0.4, 0.5) is 5.69 Å². The van der Waals surface area contributed by atoms with Crippen LogP contribution >= 0.6 is 12.4 Å². The zero-order chi connectivity index (χ0) is 17.7. The number of rotatable bonds is 7. The first kappa shape index (κ1) is 21.1. The van der Waals surface area contributed by atoms with Crippen molar-refractivity contribution in [1.82, 2.24) is 4.90 Å². The summed E-state index contributed by atoms with van der Waals surface area (Å²) >= 11 is 0. The summed E-state index contributed by atoms with van der Waals surface area (Å²) in [6, 6.07) is 4.79. The van der Waals surface area contributed by atoms with Gasteiger partial charge in [0.25, 0.3) is 0 Å². The number of hydrogen-bond donors (Lipinski definition) is 1. The van der Waals surface area contributed by atoms with Gasteiger partial charge in [-0.25, -0.2) is 4.79 Å². The first-order valence-electron chi connectivity index (χ1n) is 7.76. The number of nitrogens with zero attached hydrogens (tertiary/aromatic N) is 2. The van der Waals surface area contributed by atoms with Gasteiger partial charge in [-0.2, -0.15) is 0 Å². The van der Waals surface area contributed by atoms with E-state index in [-0.39, 0.29) is 35.9 Å². The maximum absolute atomic E-state index is 11.3. The molecule has 25 heavy (non-hydrogen) atoms. The van der Waals surface area contributed by atoms with Crippen molar-refractivity contribution in [2.24, 2.45) is 11.1 Å². The molecule has 2 N–H and O–H groups in total. The van der Waals surface area contributed by atoms with E-state index in [9.17, 15) is 14.9 Å². The monoisotopic (exact) mass is 373 g/mol. The smallest absolute Gasteiger partial charge is 0.343 e. The molecule has 1 aromatic carbocycles. The molecular weight excluding hydrogens is 350 g/mol. The number of hydrogen-bond acceptors (Lipinski definition) is 7. The van der Waals surface area contributed by atoms with Crippen molar-refractivity contribution < 1.29 is 19.2 Å². The lowest BCUT2D eigenvalue weighted by Gasteiger charge is -2.22. The topological polar surface area (TPSA) is 108 Å². The van der Waals surface area contributed by atoms with Gasteiger partial charge in [0.15, 0.2) is 12.4 Å². The van der Waals surface area contributed by atoms with Crippen molar-refractivity contribution in [1.29, 1.82) is 0 Å². The number of ether oxygens (including phenoxy) is 2. The predicted molar refractivity (Wildman–Crippen MR) is 94.9 cm³/mol. The minimum Gasteiger partial charge on any atom is -0.475 e. The summed E-state index contributed by atoms with van der Waals surface area (Å²) in [5.74, 6) is -0.533. The molecule has 0 amide bonds. The van der Waals surface area contributed by atoms with Crippen LogP contribution in [-0.4, -0.2) is 49.1 Å². The van der Waals surface area contributed by atoms with E-state index < -0.39 is 10.9 Å². The predicted octanol–water partition coefficient (Wildman–Crippen LogP) is 1.74. The Balaban J connectivity index is 0.00000312. The molecule has 0 aliphatic carbocycles. The molecule has 140 valence electrons. The fraction of sp³-hybridized carbons (Fsp3) is 0.562. The fourth-order valence-electron chi connectivity index (χ4n) is 2.81. The number of halogens is 1. The minimum atomic E-state index is -0.591. The molecule has 1 aliphatic heterocycles. The number of methoxy groups -OCH3 is 1. The van der Waals surface area contributed by atoms with E-state index >= 15 is 0 Å². The number of carbonyl (C=O) groups excluding carboxylic acids is 1. The highest BCUT2D eigenvalue weighted by molar-refractivity contribution is 5.85. The van der Waals surface area contributed by atoms with Crippen LogP contribution in [0.5, 0.6) is 5.75 Å². The third-order valence-corrected chi connectivity index (χ3v) is 4.33. The fourth-order valence-corrected chi connectivity index (χ4v) is 2.81. The second kappa shape index (κ2) is 8.98. The lowest BCUT2D eigenvalue weighted by Crippen LogP contribution is -2.31. The molecule has 0 radical (unpaired) electrons. The Kier molecular flexibility index (Phi) is 7.60. The SMILES string of the molecule is COC(=O)COc1ccc(CN2CCC(C)(CN)C2)cc1[N+](=O)[O-].Cl. The lowest BCUT2D eigenvalue weighted by atomic mass is 9.90. The molecule has 1 atom stereocenters. The minimum absolute atomic E-state index is 0. The Labute approximate surface area is 152 Å². The first-order valence-corrected chi connectivity index (χ1v) is 7.76. The van der Waals surface area contributed by atoms with E-state index in [1.165, 1.54) is 19.2 Å². The highest BCUT2D eigenvalue weighted by Crippen LogP contribution is 2.32. The van der Waals surface area contributed by atoms with Gasteiger partial charge in [0, 0.05) is 19.2 Å². The normalized spacial score (nSPS) is 20.0. The molecule has 0 saturated carbocycles. The Hall–Kier alpha value is -1.90. The number of nitro groups is 1. The number of benzene rings is 1. The Morgan fingerprint density at radius 3 is 2.76 bits per heavy atom. The molecule has 2 rings (SSSR count). The maximum Gasteiger partial charge on any atom is 0.343 e. The lowest BCUT2D eigenvalue weighted by molar-refractivity contribution is -0.385. The molecule has 0 bridgehead atoms. The van der Waals surface area contributed by atoms with E-state index in [1.807, 2.05) is 0 Å². The van der Waals surface area contributed by atoms with E-state index in [2.05, 4.69) is 16.6 Å². The van der Waals surface area contributed by atoms with Gasteiger partial charge >= 0.3 is 11.7 Å². The van der Waals surface area contributed by atoms with E-state index in [4.69, 9.17) is 10.5 Å². The van der Waals surface area contributed by atoms with Crippen LogP contribution in [0, 0.1) is 15.5 Å². The van der Waals surface area contributed by atoms with Crippen LogP contribution in [0.1, 0.15) is 18.9 Å². The average molecular weight is 374 g/mol. The third kappa shape index (κ3) is 5.55. The standard InChI is InChI=1S/C16H23N3O5.ClH/c1-16(10-17)5-6-18(11-16)8-12-3-4-14(13(7-12)19(21)22)24-9-15(20)23-2;/h3-4,7H,5-6,8-11,17H2,1-2H3;1H. The zero-order valence-corrected chi connectivity index (χ0v) is 15.2. The number of nitrogens with two attached hydrogens (primary N) is 1. The van der Waals surface area contributed by atoms with Crippen LogP contribution < -0.4 is 10.5 Å². The van der Waals surface area contributed by atoms with E-state index in [0.717, 1.165) is 25.1 Å². The highest BCUT2D eigenvalue weighted by atomic mass is 35.5. The highest BCUT2D eigenvalue weighted by Gasteiger charge is 2.32. The van der Waals surface area contributed by atoms with Gasteiger partial charge in [-0.15, -0.1) is 12.4 Å². The Morgan fingerprint density at radius 2 is 2.20 bits per heavy atom. The molecule has 0 aromatic heterocycles. The second-order valence-electron chi connectivity index (χ2n) is 6.40. The molecule has 0 spiro atoms. The van der Waals surface area contributed by atoms with Crippen molar-refractivity contribution in [3.05, 3.63) is 33.9 Å². The Bertz CT molecular complexity index is 628. The van der Waals surface area contributed by atoms with Gasteiger partial charge in [-0.05, 0) is 36.6 Å².